The van der Waals surface area contributed by atoms with Crippen LogP contribution in [0.25, 0.3) is 0 Å². The molecule has 3 rings (SSSR count). The quantitative estimate of drug-likeness (QED) is 0.173. The lowest BCUT2D eigenvalue weighted by Gasteiger charge is -2.33. The van der Waals surface area contributed by atoms with Crippen LogP contribution >= 0.6 is 0 Å². The van der Waals surface area contributed by atoms with Gasteiger partial charge in [0, 0.05) is 6.54 Å². The average Bonchev–Trinajstić information content (AvgIpc) is 2.93. The smallest absolute Gasteiger partial charge is 0.287 e. The molecule has 6 nitrogen and oxygen atoms in total. The molecule has 2 fully saturated rings. The molecular weight excluding hydrogens is 524 g/mol. The maximum atomic E-state index is 15.4. The number of alkyl halides is 3. The minimum Gasteiger partial charge on any atom is -0.394 e. The number of nitrogens with one attached hydrogen (secondary N) is 2. The molecule has 1 aromatic rings. The molecule has 0 heterocycles. The highest BCUT2D eigenvalue weighted by Gasteiger charge is 2.31. The second-order valence-corrected chi connectivity index (χ2v) is 11.5. The van der Waals surface area contributed by atoms with Gasteiger partial charge >= 0.3 is 0 Å². The van der Waals surface area contributed by atoms with Crippen molar-refractivity contribution in [2.24, 2.45) is 17.6 Å². The number of nitrogens with two attached hydrogens (primary N) is 1. The zero-order valence-corrected chi connectivity index (χ0v) is 23.9. The number of hydrogen-bond donors (Lipinski definition) is 3. The van der Waals surface area contributed by atoms with Gasteiger partial charge in [-0.1, -0.05) is 38.5 Å². The Hall–Kier alpha value is -2.62. The van der Waals surface area contributed by atoms with E-state index in [9.17, 15) is 22.8 Å². The highest BCUT2D eigenvalue weighted by Crippen LogP contribution is 2.40. The summed E-state index contributed by atoms with van der Waals surface area (Å²) in [6.45, 7) is 1.94. The Kier molecular flexibility index (Phi) is 11.8. The lowest BCUT2D eigenvalue weighted by molar-refractivity contribution is -0.126. The van der Waals surface area contributed by atoms with Gasteiger partial charge in [-0.15, -0.1) is 0 Å². The number of halogens is 4. The van der Waals surface area contributed by atoms with Crippen molar-refractivity contribution in [3.63, 3.8) is 0 Å². The lowest BCUT2D eigenvalue weighted by Crippen LogP contribution is -2.39. The molecule has 0 bridgehead atoms. The van der Waals surface area contributed by atoms with Gasteiger partial charge in [0.25, 0.3) is 12.3 Å². The average molecular weight is 569 g/mol. The van der Waals surface area contributed by atoms with Crippen molar-refractivity contribution in [1.82, 2.24) is 10.2 Å². The molecule has 0 saturated heterocycles. The second kappa shape index (κ2) is 14.8. The van der Waals surface area contributed by atoms with E-state index in [0.29, 0.717) is 18.5 Å². The molecule has 1 aromatic carbocycles. The van der Waals surface area contributed by atoms with Gasteiger partial charge in [-0.25, -0.2) is 17.6 Å². The number of allylic oxidation sites excluding steroid dienone is 1. The minimum absolute atomic E-state index is 0.0688. The number of anilines is 1. The molecule has 2 saturated carbocycles. The van der Waals surface area contributed by atoms with Crippen LogP contribution in [0.15, 0.2) is 23.4 Å². The van der Waals surface area contributed by atoms with E-state index in [-0.39, 0.29) is 28.8 Å². The van der Waals surface area contributed by atoms with Crippen LogP contribution in [-0.4, -0.2) is 50.1 Å². The SMILES string of the molecule is CC(C(=O)NC(F)C(F)F)c1cc(F)c(NC(=O)C(N)=C(C2CCCCC2)C2CCCCC2)cc1CCN(C)C. The van der Waals surface area contributed by atoms with Crippen LogP contribution < -0.4 is 16.4 Å². The third-order valence-electron chi connectivity index (χ3n) is 8.31. The molecule has 40 heavy (non-hydrogen) atoms. The minimum atomic E-state index is -3.37. The number of carbonyl (C=O) groups is 2. The van der Waals surface area contributed by atoms with Crippen LogP contribution in [0.5, 0.6) is 0 Å². The molecule has 0 aromatic heterocycles. The Morgan fingerprint density at radius 1 is 0.975 bits per heavy atom. The summed E-state index contributed by atoms with van der Waals surface area (Å²) in [5.74, 6) is -2.88. The van der Waals surface area contributed by atoms with E-state index < -0.39 is 36.3 Å². The van der Waals surface area contributed by atoms with Crippen LogP contribution in [0.4, 0.5) is 23.2 Å². The Morgan fingerprint density at radius 3 is 2.02 bits per heavy atom. The fourth-order valence-electron chi connectivity index (χ4n) is 6.08. The van der Waals surface area contributed by atoms with Crippen LogP contribution in [0.1, 0.15) is 88.2 Å². The van der Waals surface area contributed by atoms with Crippen molar-refractivity contribution >= 4 is 17.5 Å². The van der Waals surface area contributed by atoms with E-state index in [2.05, 4.69) is 5.32 Å². The Morgan fingerprint density at radius 2 is 1.52 bits per heavy atom. The number of amides is 2. The van der Waals surface area contributed by atoms with Crippen LogP contribution in [0, 0.1) is 17.7 Å². The monoisotopic (exact) mass is 568 g/mol. The standard InChI is InChI=1S/C30H44F4N4O2/c1-18(29(39)37-28(34)27(32)33)22-17-23(31)24(16-21(22)14-15-38(2)3)36-30(40)26(35)25(19-10-6-4-7-11-19)20-12-8-5-9-13-20/h16-20,27-28H,4-15,35H2,1-3H3,(H,36,40)(H,37,39). The van der Waals surface area contributed by atoms with Gasteiger partial charge in [0.15, 0.2) is 0 Å². The number of nitrogens with zero attached hydrogens (tertiary/aromatic N) is 1. The summed E-state index contributed by atoms with van der Waals surface area (Å²) < 4.78 is 54.1. The van der Waals surface area contributed by atoms with Gasteiger partial charge in [0.2, 0.25) is 12.2 Å². The van der Waals surface area contributed by atoms with E-state index >= 15 is 4.39 Å². The Balaban J connectivity index is 1.91. The maximum Gasteiger partial charge on any atom is 0.287 e. The van der Waals surface area contributed by atoms with E-state index in [1.165, 1.54) is 25.8 Å². The lowest BCUT2D eigenvalue weighted by atomic mass is 9.73. The molecule has 224 valence electrons. The molecule has 0 radical (unpaired) electrons. The zero-order valence-electron chi connectivity index (χ0n) is 23.9. The highest BCUT2D eigenvalue weighted by molar-refractivity contribution is 6.03. The molecule has 10 heteroatoms. The van der Waals surface area contributed by atoms with Gasteiger partial charge in [0.1, 0.15) is 5.82 Å². The summed E-state index contributed by atoms with van der Waals surface area (Å²) in [7, 11) is 3.70. The molecule has 4 N–H and O–H groups in total. The van der Waals surface area contributed by atoms with Crippen LogP contribution in [0.2, 0.25) is 0 Å². The van der Waals surface area contributed by atoms with Gasteiger partial charge in [-0.05, 0) is 93.8 Å². The van der Waals surface area contributed by atoms with Crippen molar-refractivity contribution in [2.45, 2.75) is 96.2 Å². The molecule has 2 aliphatic rings. The molecular formula is C30H44F4N4O2. The predicted molar refractivity (Wildman–Crippen MR) is 149 cm³/mol. The van der Waals surface area contributed by atoms with E-state index in [4.69, 9.17) is 5.73 Å². The van der Waals surface area contributed by atoms with E-state index in [0.717, 1.165) is 63.0 Å². The Labute approximate surface area is 235 Å². The Bertz CT molecular complexity index is 1030. The molecule has 2 aliphatic carbocycles. The van der Waals surface area contributed by atoms with Gasteiger partial charge in [-0.2, -0.15) is 0 Å². The molecule has 2 unspecified atom stereocenters. The number of hydrogen-bond acceptors (Lipinski definition) is 4. The fraction of sp³-hybridized carbons (Fsp3) is 0.667. The number of benzene rings is 1. The van der Waals surface area contributed by atoms with Crippen molar-refractivity contribution < 1.29 is 27.2 Å². The van der Waals surface area contributed by atoms with E-state index in [1.54, 1.807) is 5.32 Å². The van der Waals surface area contributed by atoms with Gasteiger partial charge in [-0.3, -0.25) is 9.59 Å². The first-order valence-corrected chi connectivity index (χ1v) is 14.5. The maximum absolute atomic E-state index is 15.4. The number of likely N-dealkylation sites (N-methyl/N-ethyl adjacent to an activating group) is 1. The number of carbonyl (C=O) groups excluding carboxylic acids is 2. The molecule has 0 spiro atoms. The molecule has 0 aliphatic heterocycles. The van der Waals surface area contributed by atoms with Crippen molar-refractivity contribution in [1.29, 1.82) is 0 Å². The first kappa shape index (κ1) is 31.9. The summed E-state index contributed by atoms with van der Waals surface area (Å²) in [6.07, 6.45) is 4.98. The van der Waals surface area contributed by atoms with Crippen molar-refractivity contribution in [3.05, 3.63) is 40.3 Å². The van der Waals surface area contributed by atoms with Crippen LogP contribution in [0.3, 0.4) is 0 Å². The van der Waals surface area contributed by atoms with Crippen molar-refractivity contribution in [2.75, 3.05) is 26.0 Å². The summed E-state index contributed by atoms with van der Waals surface area (Å²) >= 11 is 0. The van der Waals surface area contributed by atoms with Crippen molar-refractivity contribution in [3.8, 4) is 0 Å². The predicted octanol–water partition coefficient (Wildman–Crippen LogP) is 6.02. The number of rotatable bonds is 11. The third-order valence-corrected chi connectivity index (χ3v) is 8.31. The normalized spacial score (nSPS) is 18.4. The molecule has 2 atom stereocenters. The molecule has 2 amide bonds. The summed E-state index contributed by atoms with van der Waals surface area (Å²) in [5.41, 5.74) is 8.44. The fourth-order valence-corrected chi connectivity index (χ4v) is 6.08. The van der Waals surface area contributed by atoms with Gasteiger partial charge in [0.05, 0.1) is 17.3 Å². The van der Waals surface area contributed by atoms with Gasteiger partial charge < -0.3 is 21.3 Å². The second-order valence-electron chi connectivity index (χ2n) is 11.5. The summed E-state index contributed by atoms with van der Waals surface area (Å²) in [6, 6.07) is 2.58. The summed E-state index contributed by atoms with van der Waals surface area (Å²) in [4.78, 5) is 27.8. The first-order valence-electron chi connectivity index (χ1n) is 14.5. The van der Waals surface area contributed by atoms with Crippen LogP contribution in [-0.2, 0) is 16.0 Å². The third kappa shape index (κ3) is 8.44. The topological polar surface area (TPSA) is 87.5 Å². The van der Waals surface area contributed by atoms with E-state index in [1.807, 2.05) is 19.0 Å². The first-order chi connectivity index (χ1) is 19.0. The highest BCUT2D eigenvalue weighted by atomic mass is 19.3. The largest absolute Gasteiger partial charge is 0.394 e. The summed E-state index contributed by atoms with van der Waals surface area (Å²) in [5, 5.41) is 4.31. The zero-order chi connectivity index (χ0) is 29.4.